The van der Waals surface area contributed by atoms with Crippen LogP contribution in [0.1, 0.15) is 13.3 Å². The van der Waals surface area contributed by atoms with Crippen LogP contribution < -0.4 is 14.8 Å². The number of nitrogens with one attached hydrogen (secondary N) is 1. The summed E-state index contributed by atoms with van der Waals surface area (Å²) < 4.78 is 11.0. The van der Waals surface area contributed by atoms with Crippen molar-refractivity contribution in [2.75, 3.05) is 25.1 Å². The lowest BCUT2D eigenvalue weighted by Crippen LogP contribution is -2.41. The lowest BCUT2D eigenvalue weighted by atomic mass is 10.1. The summed E-state index contributed by atoms with van der Waals surface area (Å²) in [4.78, 5) is 10.8. The van der Waals surface area contributed by atoms with Crippen molar-refractivity contribution in [2.45, 2.75) is 18.9 Å². The highest BCUT2D eigenvalue weighted by atomic mass is 16.5. The van der Waals surface area contributed by atoms with Crippen molar-refractivity contribution in [2.24, 2.45) is 0 Å². The average Bonchev–Trinajstić information content (AvgIpc) is 2.60. The Morgan fingerprint density at radius 3 is 2.74 bits per heavy atom. The van der Waals surface area contributed by atoms with Crippen molar-refractivity contribution in [1.29, 1.82) is 0 Å². The van der Waals surface area contributed by atoms with Crippen molar-refractivity contribution >= 4 is 11.7 Å². The highest BCUT2D eigenvalue weighted by Gasteiger charge is 2.29. The first-order valence-electron chi connectivity index (χ1n) is 6.08. The largest absolute Gasteiger partial charge is 0.490 e. The molecule has 1 aliphatic heterocycles. The van der Waals surface area contributed by atoms with Crippen LogP contribution in [0, 0.1) is 0 Å². The molecule has 0 radical (unpaired) electrons. The van der Waals surface area contributed by atoms with E-state index >= 15 is 0 Å². The molecular formula is C13H17NO5. The Morgan fingerprint density at radius 1 is 1.37 bits per heavy atom. The monoisotopic (exact) mass is 267 g/mol. The van der Waals surface area contributed by atoms with Gasteiger partial charge in [0.1, 0.15) is 0 Å². The molecule has 0 aromatic heterocycles. The summed E-state index contributed by atoms with van der Waals surface area (Å²) in [7, 11) is 0. The molecule has 2 rings (SSSR count). The molecule has 1 heterocycles. The van der Waals surface area contributed by atoms with Crippen LogP contribution in [0.4, 0.5) is 5.69 Å². The molecular weight excluding hydrogens is 250 g/mol. The van der Waals surface area contributed by atoms with Crippen LogP contribution in [0.3, 0.4) is 0 Å². The van der Waals surface area contributed by atoms with E-state index in [1.165, 1.54) is 6.92 Å². The average molecular weight is 267 g/mol. The van der Waals surface area contributed by atoms with Gasteiger partial charge in [0, 0.05) is 18.2 Å². The van der Waals surface area contributed by atoms with Gasteiger partial charge in [-0.3, -0.25) is 0 Å². The summed E-state index contributed by atoms with van der Waals surface area (Å²) in [5, 5.41) is 21.3. The zero-order valence-electron chi connectivity index (χ0n) is 10.7. The topological polar surface area (TPSA) is 88.0 Å². The van der Waals surface area contributed by atoms with Crippen molar-refractivity contribution < 1.29 is 24.5 Å². The van der Waals surface area contributed by atoms with Gasteiger partial charge < -0.3 is 25.0 Å². The number of ether oxygens (including phenoxy) is 2. The fourth-order valence-corrected chi connectivity index (χ4v) is 1.62. The summed E-state index contributed by atoms with van der Waals surface area (Å²) in [5.74, 6) is 0.0276. The number of fused-ring (bicyclic) bond motifs is 1. The van der Waals surface area contributed by atoms with Gasteiger partial charge in [-0.25, -0.2) is 4.79 Å². The van der Waals surface area contributed by atoms with Crippen molar-refractivity contribution in [3.8, 4) is 11.5 Å². The van der Waals surface area contributed by atoms with E-state index in [4.69, 9.17) is 14.6 Å². The summed E-state index contributed by atoms with van der Waals surface area (Å²) in [5.41, 5.74) is -1.14. The van der Waals surface area contributed by atoms with Gasteiger partial charge in [0.2, 0.25) is 0 Å². The minimum atomic E-state index is -1.82. The van der Waals surface area contributed by atoms with Crippen molar-refractivity contribution in [3.05, 3.63) is 18.2 Å². The smallest absolute Gasteiger partial charge is 0.337 e. The molecule has 0 saturated heterocycles. The quantitative estimate of drug-likeness (QED) is 0.757. The Kier molecular flexibility index (Phi) is 3.80. The molecule has 0 amide bonds. The van der Waals surface area contributed by atoms with E-state index in [0.717, 1.165) is 6.42 Å². The lowest BCUT2D eigenvalue weighted by Gasteiger charge is -2.19. The minimum Gasteiger partial charge on any atom is -0.490 e. The van der Waals surface area contributed by atoms with Crippen molar-refractivity contribution in [3.63, 3.8) is 0 Å². The van der Waals surface area contributed by atoms with Crippen LogP contribution in [0.5, 0.6) is 11.5 Å². The number of hydrogen-bond acceptors (Lipinski definition) is 5. The molecule has 6 heteroatoms. The molecule has 0 aliphatic carbocycles. The second-order valence-corrected chi connectivity index (χ2v) is 4.64. The van der Waals surface area contributed by atoms with Gasteiger partial charge in [-0.15, -0.1) is 0 Å². The lowest BCUT2D eigenvalue weighted by molar-refractivity contribution is -0.155. The minimum absolute atomic E-state index is 0.0953. The SMILES string of the molecule is CC(O)(CNc1ccc2c(c1)OCCCO2)C(=O)O. The van der Waals surface area contributed by atoms with Crippen molar-refractivity contribution in [1.82, 2.24) is 0 Å². The third-order valence-corrected chi connectivity index (χ3v) is 2.84. The second-order valence-electron chi connectivity index (χ2n) is 4.64. The molecule has 0 saturated carbocycles. The Balaban J connectivity index is 2.06. The molecule has 1 atom stereocenters. The maximum absolute atomic E-state index is 10.8. The fraction of sp³-hybridized carbons (Fsp3) is 0.462. The highest BCUT2D eigenvalue weighted by molar-refractivity contribution is 5.77. The Hall–Kier alpha value is -1.95. The molecule has 1 unspecified atom stereocenters. The predicted molar refractivity (Wildman–Crippen MR) is 68.8 cm³/mol. The fourth-order valence-electron chi connectivity index (χ4n) is 1.62. The number of carboxylic acids is 1. The summed E-state index contributed by atoms with van der Waals surface area (Å²) in [6, 6.07) is 5.25. The molecule has 0 bridgehead atoms. The maximum atomic E-state index is 10.8. The first-order chi connectivity index (χ1) is 8.99. The number of hydrogen-bond donors (Lipinski definition) is 3. The summed E-state index contributed by atoms with van der Waals surface area (Å²) in [6.07, 6.45) is 0.825. The molecule has 104 valence electrons. The number of aliphatic carboxylic acids is 1. The van der Waals surface area contributed by atoms with E-state index < -0.39 is 11.6 Å². The van der Waals surface area contributed by atoms with Gasteiger partial charge >= 0.3 is 5.97 Å². The van der Waals surface area contributed by atoms with E-state index in [2.05, 4.69) is 5.32 Å². The molecule has 19 heavy (non-hydrogen) atoms. The molecule has 1 aliphatic rings. The van der Waals surface area contributed by atoms with Crippen LogP contribution in [0.2, 0.25) is 0 Å². The van der Waals surface area contributed by atoms with Crippen LogP contribution in [-0.2, 0) is 4.79 Å². The Labute approximate surface area is 111 Å². The maximum Gasteiger partial charge on any atom is 0.337 e. The molecule has 1 aromatic rings. The van der Waals surface area contributed by atoms with Crippen LogP contribution in [-0.4, -0.2) is 41.5 Å². The first-order valence-corrected chi connectivity index (χ1v) is 6.08. The van der Waals surface area contributed by atoms with E-state index in [9.17, 15) is 9.90 Å². The number of benzene rings is 1. The van der Waals surface area contributed by atoms with Gasteiger partial charge in [-0.2, -0.15) is 0 Å². The highest BCUT2D eigenvalue weighted by Crippen LogP contribution is 2.32. The van der Waals surface area contributed by atoms with E-state index in [0.29, 0.717) is 30.4 Å². The van der Waals surface area contributed by atoms with Gasteiger partial charge in [-0.05, 0) is 19.1 Å². The number of aliphatic hydroxyl groups is 1. The normalized spacial score (nSPS) is 17.2. The van der Waals surface area contributed by atoms with Gasteiger partial charge in [0.05, 0.1) is 19.8 Å². The molecule has 6 nitrogen and oxygen atoms in total. The van der Waals surface area contributed by atoms with Crippen LogP contribution in [0.25, 0.3) is 0 Å². The zero-order valence-corrected chi connectivity index (χ0v) is 10.7. The number of rotatable bonds is 4. The van der Waals surface area contributed by atoms with Gasteiger partial charge in [0.15, 0.2) is 17.1 Å². The second kappa shape index (κ2) is 5.36. The zero-order chi connectivity index (χ0) is 13.9. The standard InChI is InChI=1S/C13H17NO5/c1-13(17,12(15)16)8-14-9-3-4-10-11(7-9)19-6-2-5-18-10/h3-4,7,14,17H,2,5-6,8H2,1H3,(H,15,16). The molecule has 0 fully saturated rings. The molecule has 1 aromatic carbocycles. The third-order valence-electron chi connectivity index (χ3n) is 2.84. The number of carbonyl (C=O) groups is 1. The molecule has 0 spiro atoms. The predicted octanol–water partition coefficient (Wildman–Crippen LogP) is 1.10. The van der Waals surface area contributed by atoms with E-state index in [-0.39, 0.29) is 6.54 Å². The Morgan fingerprint density at radius 2 is 2.05 bits per heavy atom. The van der Waals surface area contributed by atoms with E-state index in [1.54, 1.807) is 18.2 Å². The van der Waals surface area contributed by atoms with Crippen LogP contribution >= 0.6 is 0 Å². The van der Waals surface area contributed by atoms with Gasteiger partial charge in [-0.1, -0.05) is 0 Å². The van der Waals surface area contributed by atoms with Crippen LogP contribution in [0.15, 0.2) is 18.2 Å². The van der Waals surface area contributed by atoms with E-state index in [1.807, 2.05) is 0 Å². The summed E-state index contributed by atoms with van der Waals surface area (Å²) >= 11 is 0. The third kappa shape index (κ3) is 3.29. The molecule has 3 N–H and O–H groups in total. The van der Waals surface area contributed by atoms with Gasteiger partial charge in [0.25, 0.3) is 0 Å². The number of anilines is 1. The first kappa shape index (κ1) is 13.5. The summed E-state index contributed by atoms with van der Waals surface area (Å²) in [6.45, 7) is 2.35. The Bertz CT molecular complexity index is 472. The number of carboxylic acid groups (broad SMARTS) is 1.